The van der Waals surface area contributed by atoms with E-state index in [2.05, 4.69) is 23.6 Å². The van der Waals surface area contributed by atoms with Gasteiger partial charge in [0.15, 0.2) is 0 Å². The van der Waals surface area contributed by atoms with Crippen LogP contribution >= 0.6 is 0 Å². The fraction of sp³-hybridized carbons (Fsp3) is 1.00. The highest BCUT2D eigenvalue weighted by Gasteiger charge is 2.40. The van der Waals surface area contributed by atoms with Gasteiger partial charge < -0.3 is 0 Å². The zero-order valence-electron chi connectivity index (χ0n) is 12.3. The van der Waals surface area contributed by atoms with Crippen LogP contribution in [-0.2, 0) is 0 Å². The molecule has 2 saturated heterocycles. The Labute approximate surface area is 113 Å². The number of rotatable bonds is 1. The minimum Gasteiger partial charge on any atom is -0.299 e. The van der Waals surface area contributed by atoms with Gasteiger partial charge in [-0.1, -0.05) is 26.7 Å². The van der Waals surface area contributed by atoms with Crippen LogP contribution in [0.4, 0.5) is 0 Å². The topological polar surface area (TPSA) is 6.48 Å². The molecule has 18 heavy (non-hydrogen) atoms. The second kappa shape index (κ2) is 5.13. The van der Waals surface area contributed by atoms with E-state index in [0.29, 0.717) is 5.41 Å². The Balaban J connectivity index is 1.69. The first kappa shape index (κ1) is 12.9. The fourth-order valence-electron chi connectivity index (χ4n) is 4.67. The molecule has 0 aromatic carbocycles. The van der Waals surface area contributed by atoms with E-state index >= 15 is 0 Å². The quantitative estimate of drug-likeness (QED) is 0.705. The van der Waals surface area contributed by atoms with E-state index in [1.54, 1.807) is 0 Å². The molecule has 1 aliphatic carbocycles. The molecule has 1 saturated carbocycles. The van der Waals surface area contributed by atoms with Crippen LogP contribution in [0.25, 0.3) is 0 Å². The van der Waals surface area contributed by atoms with E-state index < -0.39 is 0 Å². The third kappa shape index (κ3) is 2.46. The number of nitrogens with zero attached hydrogens (tertiary/aromatic N) is 2. The summed E-state index contributed by atoms with van der Waals surface area (Å²) in [5, 5.41) is 0. The molecule has 0 bridgehead atoms. The molecular formula is C16H30N2. The van der Waals surface area contributed by atoms with Crippen molar-refractivity contribution in [1.29, 1.82) is 0 Å². The van der Waals surface area contributed by atoms with Gasteiger partial charge in [0.05, 0.1) is 0 Å². The molecule has 0 radical (unpaired) electrons. The number of hydrogen-bond acceptors (Lipinski definition) is 2. The van der Waals surface area contributed by atoms with Gasteiger partial charge in [-0.25, -0.2) is 0 Å². The van der Waals surface area contributed by atoms with Crippen LogP contribution in [0, 0.1) is 5.41 Å². The predicted octanol–water partition coefficient (Wildman–Crippen LogP) is 3.13. The Kier molecular flexibility index (Phi) is 3.68. The van der Waals surface area contributed by atoms with E-state index in [4.69, 9.17) is 0 Å². The molecule has 2 unspecified atom stereocenters. The summed E-state index contributed by atoms with van der Waals surface area (Å²) in [7, 11) is 0. The third-order valence-electron chi connectivity index (χ3n) is 5.73. The molecule has 2 heteroatoms. The molecule has 0 N–H and O–H groups in total. The normalized spacial score (nSPS) is 38.3. The molecule has 2 aliphatic heterocycles. The van der Waals surface area contributed by atoms with Crippen molar-refractivity contribution in [3.63, 3.8) is 0 Å². The van der Waals surface area contributed by atoms with Gasteiger partial charge in [-0.3, -0.25) is 9.80 Å². The fourth-order valence-corrected chi connectivity index (χ4v) is 4.67. The van der Waals surface area contributed by atoms with Gasteiger partial charge in [-0.2, -0.15) is 0 Å². The molecule has 2 atom stereocenters. The monoisotopic (exact) mass is 250 g/mol. The average molecular weight is 250 g/mol. The smallest absolute Gasteiger partial charge is 0.0223 e. The van der Waals surface area contributed by atoms with E-state index in [9.17, 15) is 0 Å². The van der Waals surface area contributed by atoms with Crippen molar-refractivity contribution in [2.75, 3.05) is 26.2 Å². The van der Waals surface area contributed by atoms with Crippen LogP contribution in [0.3, 0.4) is 0 Å². The van der Waals surface area contributed by atoms with Crippen LogP contribution in [-0.4, -0.2) is 48.1 Å². The van der Waals surface area contributed by atoms with Crippen LogP contribution in [0.15, 0.2) is 0 Å². The minimum atomic E-state index is 0.559. The van der Waals surface area contributed by atoms with Gasteiger partial charge in [0.1, 0.15) is 0 Å². The zero-order chi connectivity index (χ0) is 12.6. The van der Waals surface area contributed by atoms with Gasteiger partial charge in [0, 0.05) is 18.6 Å². The standard InChI is InChI=1S/C16H30N2/c1-16(2)9-5-8-15(16)18-12-6-11-17-10-4-3-7-14(17)13-18/h14-15H,3-13H2,1-2H3. The lowest BCUT2D eigenvalue weighted by molar-refractivity contribution is 0.0829. The molecule has 2 heterocycles. The summed E-state index contributed by atoms with van der Waals surface area (Å²) in [6, 6.07) is 1.73. The molecule has 0 aromatic heterocycles. The molecule has 3 fully saturated rings. The van der Waals surface area contributed by atoms with Crippen molar-refractivity contribution in [2.45, 2.75) is 70.9 Å². The van der Waals surface area contributed by atoms with E-state index in [0.717, 1.165) is 12.1 Å². The summed E-state index contributed by atoms with van der Waals surface area (Å²) in [4.78, 5) is 5.65. The van der Waals surface area contributed by atoms with Crippen molar-refractivity contribution >= 4 is 0 Å². The summed E-state index contributed by atoms with van der Waals surface area (Å²) in [5.74, 6) is 0. The maximum absolute atomic E-state index is 2.86. The maximum Gasteiger partial charge on any atom is 0.0223 e. The Morgan fingerprint density at radius 2 is 1.61 bits per heavy atom. The summed E-state index contributed by atoms with van der Waals surface area (Å²) in [6.07, 6.45) is 10.1. The Morgan fingerprint density at radius 3 is 2.39 bits per heavy atom. The van der Waals surface area contributed by atoms with Crippen molar-refractivity contribution in [2.24, 2.45) is 5.41 Å². The van der Waals surface area contributed by atoms with E-state index in [-0.39, 0.29) is 0 Å². The molecule has 3 rings (SSSR count). The van der Waals surface area contributed by atoms with Crippen LogP contribution < -0.4 is 0 Å². The van der Waals surface area contributed by atoms with Crippen molar-refractivity contribution < 1.29 is 0 Å². The SMILES string of the molecule is CC1(C)CCCC1N1CCCN2CCCCC2C1. The molecule has 2 nitrogen and oxygen atoms in total. The average Bonchev–Trinajstić information content (AvgIpc) is 2.59. The first-order valence-electron chi connectivity index (χ1n) is 8.15. The summed E-state index contributed by atoms with van der Waals surface area (Å²) < 4.78 is 0. The predicted molar refractivity (Wildman–Crippen MR) is 76.8 cm³/mol. The van der Waals surface area contributed by atoms with E-state index in [1.807, 2.05) is 0 Å². The lowest BCUT2D eigenvalue weighted by Crippen LogP contribution is -2.48. The largest absolute Gasteiger partial charge is 0.299 e. The van der Waals surface area contributed by atoms with Gasteiger partial charge in [-0.05, 0) is 57.2 Å². The van der Waals surface area contributed by atoms with E-state index in [1.165, 1.54) is 71.1 Å². The molecular weight excluding hydrogens is 220 g/mol. The highest BCUT2D eigenvalue weighted by molar-refractivity contribution is 4.95. The second-order valence-electron chi connectivity index (χ2n) is 7.43. The minimum absolute atomic E-state index is 0.559. The first-order chi connectivity index (χ1) is 8.67. The van der Waals surface area contributed by atoms with Crippen LogP contribution in [0.1, 0.15) is 58.8 Å². The second-order valence-corrected chi connectivity index (χ2v) is 7.43. The third-order valence-corrected chi connectivity index (χ3v) is 5.73. The first-order valence-corrected chi connectivity index (χ1v) is 8.15. The lowest BCUT2D eigenvalue weighted by Gasteiger charge is -2.40. The highest BCUT2D eigenvalue weighted by Crippen LogP contribution is 2.41. The number of piperidine rings is 1. The molecule has 0 aromatic rings. The van der Waals surface area contributed by atoms with Gasteiger partial charge in [0.25, 0.3) is 0 Å². The lowest BCUT2D eigenvalue weighted by atomic mass is 9.86. The Morgan fingerprint density at radius 1 is 0.833 bits per heavy atom. The van der Waals surface area contributed by atoms with Crippen molar-refractivity contribution in [3.05, 3.63) is 0 Å². The Bertz CT molecular complexity index is 287. The van der Waals surface area contributed by atoms with Gasteiger partial charge >= 0.3 is 0 Å². The summed E-state index contributed by atoms with van der Waals surface area (Å²) >= 11 is 0. The van der Waals surface area contributed by atoms with Crippen molar-refractivity contribution in [1.82, 2.24) is 9.80 Å². The summed E-state index contributed by atoms with van der Waals surface area (Å²) in [5.41, 5.74) is 0.559. The van der Waals surface area contributed by atoms with Crippen LogP contribution in [0.2, 0.25) is 0 Å². The summed E-state index contributed by atoms with van der Waals surface area (Å²) in [6.45, 7) is 10.4. The Hall–Kier alpha value is -0.0800. The molecule has 0 amide bonds. The molecule has 0 spiro atoms. The molecule has 104 valence electrons. The number of hydrogen-bond donors (Lipinski definition) is 0. The zero-order valence-corrected chi connectivity index (χ0v) is 12.3. The van der Waals surface area contributed by atoms with Crippen LogP contribution in [0.5, 0.6) is 0 Å². The number of fused-ring (bicyclic) bond motifs is 1. The molecule has 3 aliphatic rings. The van der Waals surface area contributed by atoms with Gasteiger partial charge in [0.2, 0.25) is 0 Å². The van der Waals surface area contributed by atoms with Gasteiger partial charge in [-0.15, -0.1) is 0 Å². The van der Waals surface area contributed by atoms with Crippen molar-refractivity contribution in [3.8, 4) is 0 Å². The highest BCUT2D eigenvalue weighted by atomic mass is 15.3. The maximum atomic E-state index is 2.86.